The van der Waals surface area contributed by atoms with Crippen LogP contribution in [-0.4, -0.2) is 98.4 Å². The first-order chi connectivity index (χ1) is 13.1. The molecule has 2 rings (SSSR count). The predicted octanol–water partition coefficient (Wildman–Crippen LogP) is -0.560. The molecule has 0 aromatic carbocycles. The topological polar surface area (TPSA) is 111 Å². The van der Waals surface area contributed by atoms with Gasteiger partial charge in [-0.05, 0) is 19.8 Å². The normalized spacial score (nSPS) is 25.6. The SMILES string of the molecule is CC(C)CNC(=O)NC(=O)CN1CCN(S(=O)(=O)N2C[C@@H](C)O[C@H](C)C2)CC1. The third-order valence-electron chi connectivity index (χ3n) is 4.66. The Morgan fingerprint density at radius 3 is 2.14 bits per heavy atom. The molecule has 0 aromatic heterocycles. The van der Waals surface area contributed by atoms with Gasteiger partial charge >= 0.3 is 6.03 Å². The quantitative estimate of drug-likeness (QED) is 0.597. The number of nitrogens with zero attached hydrogens (tertiary/aromatic N) is 3. The molecule has 3 amide bonds. The van der Waals surface area contributed by atoms with Crippen molar-refractivity contribution in [2.24, 2.45) is 5.92 Å². The smallest absolute Gasteiger partial charge is 0.321 e. The maximum Gasteiger partial charge on any atom is 0.321 e. The molecule has 2 N–H and O–H groups in total. The fourth-order valence-corrected chi connectivity index (χ4v) is 5.06. The van der Waals surface area contributed by atoms with Crippen molar-refractivity contribution in [3.05, 3.63) is 0 Å². The van der Waals surface area contributed by atoms with E-state index in [1.54, 1.807) is 0 Å². The van der Waals surface area contributed by atoms with Crippen molar-refractivity contribution < 1.29 is 22.7 Å². The number of nitrogens with one attached hydrogen (secondary N) is 2. The lowest BCUT2D eigenvalue weighted by atomic mass is 10.2. The van der Waals surface area contributed by atoms with Gasteiger partial charge in [-0.25, -0.2) is 4.79 Å². The van der Waals surface area contributed by atoms with E-state index in [-0.39, 0.29) is 18.8 Å². The minimum atomic E-state index is -3.54. The minimum Gasteiger partial charge on any atom is -0.373 e. The highest BCUT2D eigenvalue weighted by molar-refractivity contribution is 7.86. The Bertz CT molecular complexity index is 638. The summed E-state index contributed by atoms with van der Waals surface area (Å²) in [5.74, 6) is -0.0956. The van der Waals surface area contributed by atoms with Crippen molar-refractivity contribution >= 4 is 22.1 Å². The van der Waals surface area contributed by atoms with Crippen LogP contribution in [0.3, 0.4) is 0 Å². The summed E-state index contributed by atoms with van der Waals surface area (Å²) in [5.41, 5.74) is 0. The Kier molecular flexibility index (Phi) is 8.19. The van der Waals surface area contributed by atoms with Crippen molar-refractivity contribution in [3.63, 3.8) is 0 Å². The number of ether oxygens (including phenoxy) is 1. The third kappa shape index (κ3) is 6.66. The maximum atomic E-state index is 12.9. The van der Waals surface area contributed by atoms with E-state index in [1.165, 1.54) is 8.61 Å². The second-order valence-electron chi connectivity index (χ2n) is 7.91. The number of rotatable bonds is 6. The average Bonchev–Trinajstić information content (AvgIpc) is 2.59. The van der Waals surface area contributed by atoms with Crippen molar-refractivity contribution in [2.75, 3.05) is 52.4 Å². The number of hydrogen-bond donors (Lipinski definition) is 2. The number of amides is 3. The molecule has 162 valence electrons. The number of piperazine rings is 1. The van der Waals surface area contributed by atoms with Crippen molar-refractivity contribution in [1.29, 1.82) is 0 Å². The van der Waals surface area contributed by atoms with Crippen LogP contribution in [-0.2, 0) is 19.7 Å². The lowest BCUT2D eigenvalue weighted by Crippen LogP contribution is -2.58. The van der Waals surface area contributed by atoms with Crippen LogP contribution in [0.1, 0.15) is 27.7 Å². The molecule has 0 aromatic rings. The van der Waals surface area contributed by atoms with E-state index in [4.69, 9.17) is 4.74 Å². The highest BCUT2D eigenvalue weighted by Gasteiger charge is 2.36. The van der Waals surface area contributed by atoms with Gasteiger partial charge in [0.25, 0.3) is 10.2 Å². The van der Waals surface area contributed by atoms with Crippen molar-refractivity contribution in [3.8, 4) is 0 Å². The van der Waals surface area contributed by atoms with Gasteiger partial charge in [0.2, 0.25) is 5.91 Å². The van der Waals surface area contributed by atoms with Crippen LogP contribution in [0.4, 0.5) is 4.79 Å². The number of imide groups is 1. The standard InChI is InChI=1S/C17H33N5O5S/c1-13(2)9-18-17(24)19-16(23)12-20-5-7-21(8-6-20)28(25,26)22-10-14(3)27-15(4)11-22/h13-15H,5-12H2,1-4H3,(H2,18,19,23,24)/t14-,15-/m1/s1. The second kappa shape index (κ2) is 9.97. The summed E-state index contributed by atoms with van der Waals surface area (Å²) < 4.78 is 34.3. The van der Waals surface area contributed by atoms with E-state index >= 15 is 0 Å². The van der Waals surface area contributed by atoms with E-state index in [1.807, 2.05) is 32.6 Å². The molecule has 2 atom stereocenters. The Balaban J connectivity index is 1.79. The number of morpholine rings is 1. The second-order valence-corrected chi connectivity index (χ2v) is 9.84. The first-order valence-electron chi connectivity index (χ1n) is 9.78. The highest BCUT2D eigenvalue weighted by Crippen LogP contribution is 2.18. The molecule has 10 nitrogen and oxygen atoms in total. The first kappa shape index (κ1) is 23.0. The van der Waals surface area contributed by atoms with Gasteiger partial charge < -0.3 is 10.1 Å². The zero-order valence-corrected chi connectivity index (χ0v) is 18.0. The summed E-state index contributed by atoms with van der Waals surface area (Å²) in [7, 11) is -3.54. The van der Waals surface area contributed by atoms with Gasteiger partial charge in [-0.15, -0.1) is 0 Å². The van der Waals surface area contributed by atoms with Crippen LogP contribution in [0.25, 0.3) is 0 Å². The van der Waals surface area contributed by atoms with E-state index in [9.17, 15) is 18.0 Å². The largest absolute Gasteiger partial charge is 0.373 e. The van der Waals surface area contributed by atoms with Gasteiger partial charge in [0, 0.05) is 45.8 Å². The van der Waals surface area contributed by atoms with Crippen LogP contribution in [0.5, 0.6) is 0 Å². The van der Waals surface area contributed by atoms with Crippen LogP contribution in [0.15, 0.2) is 0 Å². The molecule has 0 radical (unpaired) electrons. The molecule has 2 heterocycles. The number of hydrogen-bond acceptors (Lipinski definition) is 6. The summed E-state index contributed by atoms with van der Waals surface area (Å²) in [4.78, 5) is 25.5. The van der Waals surface area contributed by atoms with E-state index in [0.29, 0.717) is 51.7 Å². The van der Waals surface area contributed by atoms with Gasteiger partial charge in [-0.2, -0.15) is 17.0 Å². The molecule has 2 saturated heterocycles. The van der Waals surface area contributed by atoms with Gasteiger partial charge in [0.1, 0.15) is 0 Å². The van der Waals surface area contributed by atoms with Crippen molar-refractivity contribution in [1.82, 2.24) is 24.1 Å². The fourth-order valence-electron chi connectivity index (χ4n) is 3.31. The number of urea groups is 1. The Morgan fingerprint density at radius 2 is 1.61 bits per heavy atom. The summed E-state index contributed by atoms with van der Waals surface area (Å²) in [6.45, 7) is 10.4. The van der Waals surface area contributed by atoms with Crippen LogP contribution in [0.2, 0.25) is 0 Å². The zero-order chi connectivity index (χ0) is 20.9. The molecule has 0 aliphatic carbocycles. The number of carbonyl (C=O) groups is 2. The molecule has 28 heavy (non-hydrogen) atoms. The summed E-state index contributed by atoms with van der Waals surface area (Å²) in [5, 5.41) is 4.93. The van der Waals surface area contributed by atoms with Crippen LogP contribution < -0.4 is 10.6 Å². The lowest BCUT2D eigenvalue weighted by Gasteiger charge is -2.40. The predicted molar refractivity (Wildman–Crippen MR) is 105 cm³/mol. The molecule has 2 aliphatic heterocycles. The van der Waals surface area contributed by atoms with Gasteiger partial charge in [0.05, 0.1) is 18.8 Å². The molecule has 2 aliphatic rings. The van der Waals surface area contributed by atoms with Gasteiger partial charge in [-0.3, -0.25) is 15.0 Å². The molecule has 0 saturated carbocycles. The van der Waals surface area contributed by atoms with E-state index in [0.717, 1.165) is 0 Å². The van der Waals surface area contributed by atoms with Gasteiger partial charge in [-0.1, -0.05) is 13.8 Å². The molecule has 0 bridgehead atoms. The van der Waals surface area contributed by atoms with E-state index < -0.39 is 22.1 Å². The Hall–Kier alpha value is -1.27. The molecule has 0 unspecified atom stereocenters. The highest BCUT2D eigenvalue weighted by atomic mass is 32.2. The lowest BCUT2D eigenvalue weighted by molar-refractivity contribution is -0.121. The first-order valence-corrected chi connectivity index (χ1v) is 11.2. The molecular formula is C17H33N5O5S. The molecule has 2 fully saturated rings. The summed E-state index contributed by atoms with van der Waals surface area (Å²) in [6.07, 6.45) is -0.268. The Morgan fingerprint density at radius 1 is 1.04 bits per heavy atom. The van der Waals surface area contributed by atoms with E-state index in [2.05, 4.69) is 10.6 Å². The van der Waals surface area contributed by atoms with Crippen LogP contribution >= 0.6 is 0 Å². The van der Waals surface area contributed by atoms with Gasteiger partial charge in [0.15, 0.2) is 0 Å². The van der Waals surface area contributed by atoms with Crippen LogP contribution in [0, 0.1) is 5.92 Å². The average molecular weight is 420 g/mol. The fraction of sp³-hybridized carbons (Fsp3) is 0.882. The number of carbonyl (C=O) groups excluding carboxylic acids is 2. The summed E-state index contributed by atoms with van der Waals surface area (Å²) >= 11 is 0. The third-order valence-corrected chi connectivity index (χ3v) is 6.63. The summed E-state index contributed by atoms with van der Waals surface area (Å²) in [6, 6.07) is -0.504. The van der Waals surface area contributed by atoms with Crippen molar-refractivity contribution in [2.45, 2.75) is 39.9 Å². The molecule has 11 heteroatoms. The Labute approximate surface area is 167 Å². The molecular weight excluding hydrogens is 386 g/mol. The monoisotopic (exact) mass is 419 g/mol. The minimum absolute atomic E-state index is 0.0641. The zero-order valence-electron chi connectivity index (χ0n) is 17.2. The maximum absolute atomic E-state index is 12.9. The molecule has 0 spiro atoms.